The minimum Gasteiger partial charge on any atom is -0.339 e. The molecule has 2 rings (SSSR count). The van der Waals surface area contributed by atoms with Gasteiger partial charge in [0.25, 0.3) is 0 Å². The van der Waals surface area contributed by atoms with Crippen LogP contribution in [0.15, 0.2) is 0 Å². The standard InChI is InChI=1S/C14H27N3O3S/c1-21(19,20)16-10-7-13-4-2-3-11-17(13)14(18)12-5-8-15-9-6-12/h12-13,15-16H,2-11H2,1H3. The minimum atomic E-state index is -3.14. The van der Waals surface area contributed by atoms with E-state index >= 15 is 0 Å². The first kappa shape index (κ1) is 16.7. The first-order chi connectivity index (χ1) is 9.97. The topological polar surface area (TPSA) is 78.5 Å². The second-order valence-electron chi connectivity index (χ2n) is 6.16. The molecule has 2 N–H and O–H groups in total. The average Bonchev–Trinajstić information content (AvgIpc) is 2.47. The van der Waals surface area contributed by atoms with Gasteiger partial charge in [-0.1, -0.05) is 0 Å². The summed E-state index contributed by atoms with van der Waals surface area (Å²) in [7, 11) is -3.14. The number of hydrogen-bond donors (Lipinski definition) is 2. The minimum absolute atomic E-state index is 0.148. The van der Waals surface area contributed by atoms with E-state index in [2.05, 4.69) is 10.0 Å². The van der Waals surface area contributed by atoms with E-state index in [1.165, 1.54) is 6.26 Å². The smallest absolute Gasteiger partial charge is 0.226 e. The van der Waals surface area contributed by atoms with Crippen LogP contribution in [0, 0.1) is 5.92 Å². The van der Waals surface area contributed by atoms with Gasteiger partial charge in [-0.15, -0.1) is 0 Å². The highest BCUT2D eigenvalue weighted by atomic mass is 32.2. The molecule has 0 saturated carbocycles. The molecular weight excluding hydrogens is 290 g/mol. The highest BCUT2D eigenvalue weighted by Crippen LogP contribution is 2.24. The van der Waals surface area contributed by atoms with Gasteiger partial charge in [-0.3, -0.25) is 4.79 Å². The average molecular weight is 317 g/mol. The van der Waals surface area contributed by atoms with Crippen LogP contribution in [0.3, 0.4) is 0 Å². The van der Waals surface area contributed by atoms with Crippen LogP contribution in [0.1, 0.15) is 38.5 Å². The Labute approximate surface area is 127 Å². The number of piperidine rings is 2. The molecule has 21 heavy (non-hydrogen) atoms. The number of rotatable bonds is 5. The zero-order valence-electron chi connectivity index (χ0n) is 12.8. The molecule has 2 aliphatic rings. The second kappa shape index (κ2) is 7.56. The predicted octanol–water partition coefficient (Wildman–Crippen LogP) is 0.306. The van der Waals surface area contributed by atoms with Crippen LogP contribution >= 0.6 is 0 Å². The Kier molecular flexibility index (Phi) is 6.01. The highest BCUT2D eigenvalue weighted by Gasteiger charge is 2.31. The zero-order valence-corrected chi connectivity index (χ0v) is 13.6. The van der Waals surface area contributed by atoms with Crippen molar-refractivity contribution in [2.24, 2.45) is 5.92 Å². The van der Waals surface area contributed by atoms with Crippen LogP contribution in [0.2, 0.25) is 0 Å². The fourth-order valence-corrected chi connectivity index (χ4v) is 3.79. The summed E-state index contributed by atoms with van der Waals surface area (Å²) in [6, 6.07) is 0.190. The van der Waals surface area contributed by atoms with Crippen molar-refractivity contribution in [1.82, 2.24) is 14.9 Å². The Morgan fingerprint density at radius 2 is 1.95 bits per heavy atom. The van der Waals surface area contributed by atoms with Crippen LogP contribution in [0.4, 0.5) is 0 Å². The van der Waals surface area contributed by atoms with Crippen LogP contribution in [-0.4, -0.2) is 57.7 Å². The third-order valence-corrected chi connectivity index (χ3v) is 5.17. The van der Waals surface area contributed by atoms with Crippen molar-refractivity contribution in [2.45, 2.75) is 44.6 Å². The Morgan fingerprint density at radius 1 is 1.24 bits per heavy atom. The van der Waals surface area contributed by atoms with Gasteiger partial charge in [-0.2, -0.15) is 0 Å². The molecule has 2 fully saturated rings. The summed E-state index contributed by atoms with van der Waals surface area (Å²) < 4.78 is 24.8. The molecule has 0 spiro atoms. The molecule has 0 radical (unpaired) electrons. The Balaban J connectivity index is 1.89. The number of hydrogen-bond acceptors (Lipinski definition) is 4. The molecule has 2 heterocycles. The highest BCUT2D eigenvalue weighted by molar-refractivity contribution is 7.88. The summed E-state index contributed by atoms with van der Waals surface area (Å²) >= 11 is 0. The van der Waals surface area contributed by atoms with Gasteiger partial charge in [0, 0.05) is 25.0 Å². The van der Waals surface area contributed by atoms with Crippen LogP contribution in [0.5, 0.6) is 0 Å². The molecule has 0 aliphatic carbocycles. The number of nitrogens with zero attached hydrogens (tertiary/aromatic N) is 1. The van der Waals surface area contributed by atoms with E-state index in [0.29, 0.717) is 13.0 Å². The number of nitrogens with one attached hydrogen (secondary N) is 2. The number of carbonyl (C=O) groups excluding carboxylic acids is 1. The van der Waals surface area contributed by atoms with Crippen molar-refractivity contribution < 1.29 is 13.2 Å². The van der Waals surface area contributed by atoms with Crippen molar-refractivity contribution in [3.63, 3.8) is 0 Å². The van der Waals surface area contributed by atoms with Gasteiger partial charge < -0.3 is 10.2 Å². The number of amides is 1. The molecule has 2 saturated heterocycles. The van der Waals surface area contributed by atoms with Crippen LogP contribution < -0.4 is 10.0 Å². The predicted molar refractivity (Wildman–Crippen MR) is 82.4 cm³/mol. The molecule has 1 unspecified atom stereocenters. The molecule has 0 aromatic heterocycles. The molecule has 0 aromatic rings. The normalized spacial score (nSPS) is 25.0. The third-order valence-electron chi connectivity index (χ3n) is 4.44. The molecule has 1 amide bonds. The third kappa shape index (κ3) is 5.23. The summed E-state index contributed by atoms with van der Waals surface area (Å²) in [4.78, 5) is 14.7. The molecule has 1 atom stereocenters. The lowest BCUT2D eigenvalue weighted by molar-refractivity contribution is -0.140. The second-order valence-corrected chi connectivity index (χ2v) is 7.99. The van der Waals surface area contributed by atoms with Gasteiger partial charge in [0.2, 0.25) is 15.9 Å². The first-order valence-corrected chi connectivity index (χ1v) is 9.82. The van der Waals surface area contributed by atoms with Gasteiger partial charge >= 0.3 is 0 Å². The fourth-order valence-electron chi connectivity index (χ4n) is 3.31. The summed E-state index contributed by atoms with van der Waals surface area (Å²) in [6.07, 6.45) is 6.90. The molecule has 6 nitrogen and oxygen atoms in total. The van der Waals surface area contributed by atoms with E-state index in [1.54, 1.807) is 0 Å². The lowest BCUT2D eigenvalue weighted by atomic mass is 9.92. The maximum Gasteiger partial charge on any atom is 0.226 e. The van der Waals surface area contributed by atoms with E-state index < -0.39 is 10.0 Å². The summed E-state index contributed by atoms with van der Waals surface area (Å²) in [5, 5.41) is 3.29. The molecule has 122 valence electrons. The monoisotopic (exact) mass is 317 g/mol. The molecule has 7 heteroatoms. The van der Waals surface area contributed by atoms with Crippen LogP contribution in [0.25, 0.3) is 0 Å². The van der Waals surface area contributed by atoms with Gasteiger partial charge in [0.1, 0.15) is 0 Å². The van der Waals surface area contributed by atoms with Crippen molar-refractivity contribution in [1.29, 1.82) is 0 Å². The Morgan fingerprint density at radius 3 is 2.62 bits per heavy atom. The number of sulfonamides is 1. The largest absolute Gasteiger partial charge is 0.339 e. The van der Waals surface area contributed by atoms with E-state index in [1.807, 2.05) is 4.90 Å². The van der Waals surface area contributed by atoms with Gasteiger partial charge in [-0.25, -0.2) is 13.1 Å². The van der Waals surface area contributed by atoms with E-state index in [0.717, 1.165) is 51.7 Å². The maximum absolute atomic E-state index is 12.7. The Hall–Kier alpha value is -0.660. The molecule has 0 bridgehead atoms. The lowest BCUT2D eigenvalue weighted by Crippen LogP contribution is -2.49. The Bertz CT molecular complexity index is 446. The molecule has 0 aromatic carbocycles. The van der Waals surface area contributed by atoms with Crippen molar-refractivity contribution in [2.75, 3.05) is 32.4 Å². The fraction of sp³-hybridized carbons (Fsp3) is 0.929. The van der Waals surface area contributed by atoms with Crippen molar-refractivity contribution in [3.8, 4) is 0 Å². The summed E-state index contributed by atoms with van der Waals surface area (Å²) in [6.45, 7) is 3.08. The van der Waals surface area contributed by atoms with Gasteiger partial charge in [0.05, 0.1) is 6.26 Å². The molecule has 2 aliphatic heterocycles. The maximum atomic E-state index is 12.7. The zero-order chi connectivity index (χ0) is 15.3. The lowest BCUT2D eigenvalue weighted by Gasteiger charge is -2.39. The summed E-state index contributed by atoms with van der Waals surface area (Å²) in [5.41, 5.74) is 0. The SMILES string of the molecule is CS(=O)(=O)NCCC1CCCCN1C(=O)C1CCNCC1. The van der Waals surface area contributed by atoms with Crippen molar-refractivity contribution in [3.05, 3.63) is 0 Å². The first-order valence-electron chi connectivity index (χ1n) is 7.93. The van der Waals surface area contributed by atoms with Gasteiger partial charge in [0.15, 0.2) is 0 Å². The summed E-state index contributed by atoms with van der Waals surface area (Å²) in [5.74, 6) is 0.426. The van der Waals surface area contributed by atoms with Crippen molar-refractivity contribution >= 4 is 15.9 Å². The van der Waals surface area contributed by atoms with E-state index in [-0.39, 0.29) is 17.9 Å². The van der Waals surface area contributed by atoms with E-state index in [4.69, 9.17) is 0 Å². The van der Waals surface area contributed by atoms with E-state index in [9.17, 15) is 13.2 Å². The number of likely N-dealkylation sites (tertiary alicyclic amines) is 1. The van der Waals surface area contributed by atoms with Gasteiger partial charge in [-0.05, 0) is 51.6 Å². The number of carbonyl (C=O) groups is 1. The quantitative estimate of drug-likeness (QED) is 0.765. The molecular formula is C14H27N3O3S. The van der Waals surface area contributed by atoms with Crippen LogP contribution in [-0.2, 0) is 14.8 Å².